The third kappa shape index (κ3) is 2.72. The molecule has 0 atom stereocenters. The number of aromatic nitrogens is 3. The molecule has 0 N–H and O–H groups in total. The quantitative estimate of drug-likeness (QED) is 0.746. The van der Waals surface area contributed by atoms with Gasteiger partial charge in [-0.15, -0.1) is 0 Å². The van der Waals surface area contributed by atoms with Crippen molar-refractivity contribution in [3.8, 4) is 0 Å². The lowest BCUT2D eigenvalue weighted by Crippen LogP contribution is -2.44. The van der Waals surface area contributed by atoms with E-state index in [2.05, 4.69) is 4.98 Å². The predicted octanol–water partition coefficient (Wildman–Crippen LogP) is 0.903. The first-order valence-electron chi connectivity index (χ1n) is 6.89. The maximum Gasteiger partial charge on any atom is 0.355 e. The Hall–Kier alpha value is -1.59. The van der Waals surface area contributed by atoms with Crippen LogP contribution in [0.3, 0.4) is 0 Å². The van der Waals surface area contributed by atoms with Crippen molar-refractivity contribution in [1.29, 1.82) is 0 Å². The third-order valence-electron chi connectivity index (χ3n) is 3.78. The number of anilines is 1. The molecule has 106 valence electrons. The van der Waals surface area contributed by atoms with Crippen LogP contribution in [-0.2, 0) is 7.05 Å². The van der Waals surface area contributed by atoms with Crippen molar-refractivity contribution in [2.75, 3.05) is 19.0 Å². The van der Waals surface area contributed by atoms with Gasteiger partial charge in [-0.1, -0.05) is 25.7 Å². The summed E-state index contributed by atoms with van der Waals surface area (Å²) in [5.74, 6) is 0.403. The van der Waals surface area contributed by atoms with Gasteiger partial charge >= 0.3 is 11.4 Å². The average molecular weight is 266 g/mol. The highest BCUT2D eigenvalue weighted by Crippen LogP contribution is 2.24. The summed E-state index contributed by atoms with van der Waals surface area (Å²) in [6, 6.07) is 0.0115. The molecule has 1 aliphatic rings. The van der Waals surface area contributed by atoms with Crippen LogP contribution in [0.4, 0.5) is 5.95 Å². The average Bonchev–Trinajstić information content (AvgIpc) is 2.62. The van der Waals surface area contributed by atoms with Gasteiger partial charge in [0.1, 0.15) is 0 Å². The largest absolute Gasteiger partial charge is 0.355 e. The third-order valence-corrected chi connectivity index (χ3v) is 3.78. The molecule has 6 nitrogen and oxygen atoms in total. The van der Waals surface area contributed by atoms with Crippen LogP contribution in [0, 0.1) is 0 Å². The highest BCUT2D eigenvalue weighted by molar-refractivity contribution is 5.25. The van der Waals surface area contributed by atoms with E-state index in [1.54, 1.807) is 26.0 Å². The van der Waals surface area contributed by atoms with E-state index in [0.717, 1.165) is 25.7 Å². The Morgan fingerprint density at radius 2 is 1.68 bits per heavy atom. The first-order valence-corrected chi connectivity index (χ1v) is 6.89. The molecule has 19 heavy (non-hydrogen) atoms. The first-order chi connectivity index (χ1) is 9.02. The SMILES string of the molecule is CN(C)c1nc(=O)n(C2CCCCCC2)c(=O)n1C. The fraction of sp³-hybridized carbons (Fsp3) is 0.769. The highest BCUT2D eigenvalue weighted by atomic mass is 16.2. The summed E-state index contributed by atoms with van der Waals surface area (Å²) in [7, 11) is 5.21. The number of hydrogen-bond acceptors (Lipinski definition) is 4. The molecule has 1 heterocycles. The van der Waals surface area contributed by atoms with Crippen LogP contribution >= 0.6 is 0 Å². The molecule has 0 unspecified atom stereocenters. The lowest BCUT2D eigenvalue weighted by atomic mass is 10.1. The number of rotatable bonds is 2. The predicted molar refractivity (Wildman–Crippen MR) is 74.8 cm³/mol. The van der Waals surface area contributed by atoms with Gasteiger partial charge in [-0.25, -0.2) is 14.2 Å². The van der Waals surface area contributed by atoms with Crippen molar-refractivity contribution in [3.05, 3.63) is 21.0 Å². The molecule has 1 aliphatic carbocycles. The molecule has 1 saturated carbocycles. The van der Waals surface area contributed by atoms with E-state index in [4.69, 9.17) is 0 Å². The molecule has 1 aromatic heterocycles. The van der Waals surface area contributed by atoms with Crippen LogP contribution in [-0.4, -0.2) is 28.2 Å². The molecule has 0 amide bonds. The molecular weight excluding hydrogens is 244 g/mol. The Balaban J connectivity index is 2.49. The topological polar surface area (TPSA) is 60.1 Å². The summed E-state index contributed by atoms with van der Waals surface area (Å²) >= 11 is 0. The van der Waals surface area contributed by atoms with Gasteiger partial charge in [-0.05, 0) is 12.8 Å². The second-order valence-corrected chi connectivity index (χ2v) is 5.45. The zero-order valence-corrected chi connectivity index (χ0v) is 11.9. The van der Waals surface area contributed by atoms with Gasteiger partial charge in [0.2, 0.25) is 5.95 Å². The summed E-state index contributed by atoms with van der Waals surface area (Å²) in [4.78, 5) is 30.2. The van der Waals surface area contributed by atoms with Gasteiger partial charge in [0.05, 0.1) is 0 Å². The minimum absolute atomic E-state index is 0.0115. The molecule has 1 fully saturated rings. The van der Waals surface area contributed by atoms with Crippen LogP contribution in [0.5, 0.6) is 0 Å². The Morgan fingerprint density at radius 1 is 1.11 bits per heavy atom. The van der Waals surface area contributed by atoms with Gasteiger partial charge in [0, 0.05) is 27.2 Å². The van der Waals surface area contributed by atoms with Gasteiger partial charge in [0.25, 0.3) is 0 Å². The fourth-order valence-corrected chi connectivity index (χ4v) is 2.77. The Morgan fingerprint density at radius 3 is 2.21 bits per heavy atom. The maximum atomic E-state index is 12.4. The molecule has 1 aromatic rings. The van der Waals surface area contributed by atoms with Crippen molar-refractivity contribution < 1.29 is 0 Å². The zero-order valence-electron chi connectivity index (χ0n) is 11.9. The minimum Gasteiger partial charge on any atom is -0.348 e. The van der Waals surface area contributed by atoms with Gasteiger partial charge in [-0.2, -0.15) is 4.98 Å². The van der Waals surface area contributed by atoms with E-state index in [1.165, 1.54) is 22.0 Å². The van der Waals surface area contributed by atoms with Crippen LogP contribution in [0.1, 0.15) is 44.6 Å². The molecule has 6 heteroatoms. The summed E-state index contributed by atoms with van der Waals surface area (Å²) in [6.45, 7) is 0. The second-order valence-electron chi connectivity index (χ2n) is 5.45. The van der Waals surface area contributed by atoms with Crippen LogP contribution in [0.25, 0.3) is 0 Å². The molecule has 0 spiro atoms. The standard InChI is InChI=1S/C13H22N4O2/c1-15(2)11-14-12(18)17(13(19)16(11)3)10-8-6-4-5-7-9-10/h10H,4-9H2,1-3H3. The van der Waals surface area contributed by atoms with Crippen LogP contribution in [0.15, 0.2) is 9.59 Å². The molecule has 0 bridgehead atoms. The number of hydrogen-bond donors (Lipinski definition) is 0. The lowest BCUT2D eigenvalue weighted by molar-refractivity contribution is 0.397. The summed E-state index contributed by atoms with van der Waals surface area (Å²) < 4.78 is 2.80. The normalized spacial score (nSPS) is 17.2. The molecular formula is C13H22N4O2. The monoisotopic (exact) mass is 266 g/mol. The zero-order chi connectivity index (χ0) is 14.0. The molecule has 0 saturated heterocycles. The summed E-state index contributed by atoms with van der Waals surface area (Å²) in [6.07, 6.45) is 6.34. The maximum absolute atomic E-state index is 12.4. The molecule has 0 radical (unpaired) electrons. The summed E-state index contributed by atoms with van der Waals surface area (Å²) in [5, 5.41) is 0. The second kappa shape index (κ2) is 5.59. The Bertz CT molecular complexity index is 551. The van der Waals surface area contributed by atoms with Crippen molar-refractivity contribution in [1.82, 2.24) is 14.1 Å². The molecule has 2 rings (SSSR count). The Labute approximate surface area is 112 Å². The first kappa shape index (κ1) is 13.8. The van der Waals surface area contributed by atoms with E-state index in [1.807, 2.05) is 0 Å². The van der Waals surface area contributed by atoms with E-state index in [-0.39, 0.29) is 11.7 Å². The van der Waals surface area contributed by atoms with Crippen molar-refractivity contribution in [2.24, 2.45) is 7.05 Å². The molecule has 0 aromatic carbocycles. The molecule has 0 aliphatic heterocycles. The summed E-state index contributed by atoms with van der Waals surface area (Å²) in [5.41, 5.74) is -0.672. The van der Waals surface area contributed by atoms with Gasteiger partial charge < -0.3 is 4.90 Å². The van der Waals surface area contributed by atoms with Crippen LogP contribution < -0.4 is 16.3 Å². The van der Waals surface area contributed by atoms with Gasteiger partial charge in [-0.3, -0.25) is 4.57 Å². The van der Waals surface area contributed by atoms with E-state index < -0.39 is 5.69 Å². The fourth-order valence-electron chi connectivity index (χ4n) is 2.77. The van der Waals surface area contributed by atoms with Crippen LogP contribution in [0.2, 0.25) is 0 Å². The minimum atomic E-state index is -0.418. The number of nitrogens with zero attached hydrogens (tertiary/aromatic N) is 4. The smallest absolute Gasteiger partial charge is 0.348 e. The van der Waals surface area contributed by atoms with Gasteiger partial charge in [0.15, 0.2) is 0 Å². The van der Waals surface area contributed by atoms with E-state index in [0.29, 0.717) is 5.95 Å². The van der Waals surface area contributed by atoms with Crippen molar-refractivity contribution >= 4 is 5.95 Å². The Kier molecular flexibility index (Phi) is 4.07. The van der Waals surface area contributed by atoms with Crippen molar-refractivity contribution in [3.63, 3.8) is 0 Å². The van der Waals surface area contributed by atoms with Crippen molar-refractivity contribution in [2.45, 2.75) is 44.6 Å². The lowest BCUT2D eigenvalue weighted by Gasteiger charge is -2.20. The van der Waals surface area contributed by atoms with E-state index >= 15 is 0 Å². The van der Waals surface area contributed by atoms with E-state index in [9.17, 15) is 9.59 Å². The highest BCUT2D eigenvalue weighted by Gasteiger charge is 2.20.